The molecule has 0 aliphatic rings. The number of imidazole rings is 1. The molecule has 0 fully saturated rings. The molecule has 0 aromatic carbocycles. The van der Waals surface area contributed by atoms with Crippen LogP contribution in [-0.2, 0) is 19.0 Å². The summed E-state index contributed by atoms with van der Waals surface area (Å²) in [6.07, 6.45) is 1.92. The van der Waals surface area contributed by atoms with Gasteiger partial charge in [-0.15, -0.1) is 0 Å². The van der Waals surface area contributed by atoms with Gasteiger partial charge < -0.3 is 24.5 Å². The highest BCUT2D eigenvalue weighted by atomic mass is 16.6. The minimum atomic E-state index is -1.22. The number of nitrogens with one attached hydrogen (secondary N) is 2. The fourth-order valence-electron chi connectivity index (χ4n) is 2.54. The lowest BCUT2D eigenvalue weighted by Gasteiger charge is -2.33. The molecule has 1 rings (SSSR count). The summed E-state index contributed by atoms with van der Waals surface area (Å²) in [6.45, 7) is 15.6. The van der Waals surface area contributed by atoms with Crippen molar-refractivity contribution < 1.29 is 28.6 Å². The first-order chi connectivity index (χ1) is 14.5. The zero-order valence-electron chi connectivity index (χ0n) is 20.7. The van der Waals surface area contributed by atoms with Gasteiger partial charge in [-0.25, -0.2) is 19.4 Å². The maximum absolute atomic E-state index is 13.0. The van der Waals surface area contributed by atoms with E-state index < -0.39 is 41.0 Å². The average molecular weight is 455 g/mol. The van der Waals surface area contributed by atoms with Crippen molar-refractivity contribution in [2.24, 2.45) is 0 Å². The normalized spacial score (nSPS) is 13.2. The van der Waals surface area contributed by atoms with Crippen LogP contribution in [0, 0.1) is 0 Å². The van der Waals surface area contributed by atoms with Crippen molar-refractivity contribution in [2.75, 3.05) is 11.9 Å². The number of amides is 2. The number of aromatic nitrogens is 2. The second-order valence-electron chi connectivity index (χ2n) is 10.4. The van der Waals surface area contributed by atoms with E-state index in [9.17, 15) is 14.4 Å². The van der Waals surface area contributed by atoms with E-state index in [0.29, 0.717) is 18.9 Å². The van der Waals surface area contributed by atoms with Crippen LogP contribution in [0.3, 0.4) is 0 Å². The first-order valence-corrected chi connectivity index (χ1v) is 10.7. The van der Waals surface area contributed by atoms with Crippen molar-refractivity contribution in [1.29, 1.82) is 0 Å². The van der Waals surface area contributed by atoms with Gasteiger partial charge in [-0.1, -0.05) is 0 Å². The minimum Gasteiger partial charge on any atom is -0.458 e. The number of carbonyl (C=O) groups is 3. The fraction of sp³-hybridized carbons (Fsp3) is 0.727. The van der Waals surface area contributed by atoms with Gasteiger partial charge in [0.15, 0.2) is 5.95 Å². The Hall–Kier alpha value is -2.78. The molecule has 1 aromatic heterocycles. The standard InChI is InChI=1S/C22H38N4O6/c1-20(2,3)30-16(27)15(11-10-12-23-17-24-13-14-25-17)26(18(28)31-21(4,5)6)19(29)32-22(7,8)9/h13-15H,10-12H2,1-9H3,(H2,23,24,25)/t15-/m0/s1. The lowest BCUT2D eigenvalue weighted by Crippen LogP contribution is -2.53. The van der Waals surface area contributed by atoms with Gasteiger partial charge in [0.25, 0.3) is 0 Å². The Kier molecular flexibility index (Phi) is 9.11. The number of rotatable bonds is 7. The Morgan fingerprint density at radius 1 is 0.938 bits per heavy atom. The van der Waals surface area contributed by atoms with Gasteiger partial charge in [-0.2, -0.15) is 4.90 Å². The number of aromatic amines is 1. The molecule has 2 amide bonds. The third kappa shape index (κ3) is 10.5. The van der Waals surface area contributed by atoms with Crippen LogP contribution in [0.5, 0.6) is 0 Å². The number of esters is 1. The highest BCUT2D eigenvalue weighted by molar-refractivity contribution is 5.94. The smallest absolute Gasteiger partial charge is 0.420 e. The highest BCUT2D eigenvalue weighted by Crippen LogP contribution is 2.21. The van der Waals surface area contributed by atoms with Gasteiger partial charge in [0, 0.05) is 18.9 Å². The van der Waals surface area contributed by atoms with Crippen LogP contribution in [-0.4, -0.2) is 62.4 Å². The summed E-state index contributed by atoms with van der Waals surface area (Å²) in [7, 11) is 0. The van der Waals surface area contributed by atoms with Gasteiger partial charge >= 0.3 is 18.2 Å². The maximum Gasteiger partial charge on any atom is 0.420 e. The van der Waals surface area contributed by atoms with Gasteiger partial charge in [0.05, 0.1) is 0 Å². The van der Waals surface area contributed by atoms with Crippen molar-refractivity contribution in [3.63, 3.8) is 0 Å². The van der Waals surface area contributed by atoms with E-state index in [1.807, 2.05) is 0 Å². The Balaban J connectivity index is 3.15. The molecule has 0 unspecified atom stereocenters. The molecule has 1 heterocycles. The number of imide groups is 1. The molecule has 2 N–H and O–H groups in total. The molecule has 0 bridgehead atoms. The zero-order valence-corrected chi connectivity index (χ0v) is 20.7. The summed E-state index contributed by atoms with van der Waals surface area (Å²) < 4.78 is 16.3. The molecule has 0 aliphatic carbocycles. The predicted molar refractivity (Wildman–Crippen MR) is 120 cm³/mol. The number of nitrogens with zero attached hydrogens (tertiary/aromatic N) is 2. The van der Waals surface area contributed by atoms with Crippen LogP contribution in [0.15, 0.2) is 12.4 Å². The maximum atomic E-state index is 13.0. The summed E-state index contributed by atoms with van der Waals surface area (Å²) in [5.74, 6) is -0.137. The molecule has 1 atom stereocenters. The first-order valence-electron chi connectivity index (χ1n) is 10.7. The van der Waals surface area contributed by atoms with Crippen molar-refractivity contribution in [3.05, 3.63) is 12.4 Å². The first kappa shape index (κ1) is 27.3. The van der Waals surface area contributed by atoms with Gasteiger partial charge in [0.1, 0.15) is 22.8 Å². The van der Waals surface area contributed by atoms with E-state index in [1.165, 1.54) is 0 Å². The lowest BCUT2D eigenvalue weighted by molar-refractivity contribution is -0.161. The zero-order chi connectivity index (χ0) is 24.7. The summed E-state index contributed by atoms with van der Waals surface area (Å²) in [5, 5.41) is 3.07. The number of hydrogen-bond acceptors (Lipinski definition) is 8. The Morgan fingerprint density at radius 3 is 1.84 bits per heavy atom. The fourth-order valence-corrected chi connectivity index (χ4v) is 2.54. The number of carbonyl (C=O) groups excluding carboxylic acids is 3. The molecule has 32 heavy (non-hydrogen) atoms. The summed E-state index contributed by atoms with van der Waals surface area (Å²) in [5.41, 5.74) is -2.57. The minimum absolute atomic E-state index is 0.140. The Bertz CT molecular complexity index is 729. The Labute approximate surface area is 190 Å². The molecule has 10 nitrogen and oxygen atoms in total. The van der Waals surface area contributed by atoms with E-state index >= 15 is 0 Å². The molecule has 0 spiro atoms. The average Bonchev–Trinajstić information content (AvgIpc) is 3.05. The van der Waals surface area contributed by atoms with Gasteiger partial charge in [0.2, 0.25) is 0 Å². The van der Waals surface area contributed by atoms with Crippen molar-refractivity contribution in [1.82, 2.24) is 14.9 Å². The Morgan fingerprint density at radius 2 is 1.44 bits per heavy atom. The van der Waals surface area contributed by atoms with E-state index in [0.717, 1.165) is 4.90 Å². The molecule has 0 saturated carbocycles. The van der Waals surface area contributed by atoms with E-state index in [-0.39, 0.29) is 6.42 Å². The number of hydrogen-bond donors (Lipinski definition) is 2. The molecular weight excluding hydrogens is 416 g/mol. The molecule has 1 aromatic rings. The second kappa shape index (κ2) is 10.7. The van der Waals surface area contributed by atoms with E-state index in [2.05, 4.69) is 15.3 Å². The summed E-state index contributed by atoms with van der Waals surface area (Å²) >= 11 is 0. The topological polar surface area (TPSA) is 123 Å². The molecule has 182 valence electrons. The molecule has 0 aliphatic heterocycles. The van der Waals surface area contributed by atoms with Crippen LogP contribution in [0.4, 0.5) is 15.5 Å². The largest absolute Gasteiger partial charge is 0.458 e. The summed E-state index contributed by atoms with van der Waals surface area (Å²) in [4.78, 5) is 46.7. The van der Waals surface area contributed by atoms with Gasteiger partial charge in [-0.3, -0.25) is 0 Å². The van der Waals surface area contributed by atoms with Crippen LogP contribution >= 0.6 is 0 Å². The van der Waals surface area contributed by atoms with Crippen LogP contribution < -0.4 is 5.32 Å². The molecular formula is C22H38N4O6. The monoisotopic (exact) mass is 454 g/mol. The third-order valence-corrected chi connectivity index (χ3v) is 3.62. The second-order valence-corrected chi connectivity index (χ2v) is 10.4. The van der Waals surface area contributed by atoms with Crippen molar-refractivity contribution in [2.45, 2.75) is 98.0 Å². The quantitative estimate of drug-likeness (QED) is 0.351. The molecule has 10 heteroatoms. The van der Waals surface area contributed by atoms with Crippen molar-refractivity contribution in [3.8, 4) is 0 Å². The predicted octanol–water partition coefficient (Wildman–Crippen LogP) is 4.48. The SMILES string of the molecule is CC(C)(C)OC(=O)[C@H](CCCNc1ncc[nH]1)N(C(=O)OC(C)(C)C)C(=O)OC(C)(C)C. The third-order valence-electron chi connectivity index (χ3n) is 3.62. The van der Waals surface area contributed by atoms with Crippen molar-refractivity contribution >= 4 is 24.1 Å². The van der Waals surface area contributed by atoms with Crippen LogP contribution in [0.1, 0.15) is 75.2 Å². The highest BCUT2D eigenvalue weighted by Gasteiger charge is 2.41. The van der Waals surface area contributed by atoms with Gasteiger partial charge in [-0.05, 0) is 75.2 Å². The van der Waals surface area contributed by atoms with Crippen LogP contribution in [0.25, 0.3) is 0 Å². The van der Waals surface area contributed by atoms with E-state index in [1.54, 1.807) is 74.7 Å². The number of H-pyrrole nitrogens is 1. The molecule has 0 radical (unpaired) electrons. The molecule has 0 saturated heterocycles. The summed E-state index contributed by atoms with van der Waals surface area (Å²) in [6, 6.07) is -1.22. The lowest BCUT2D eigenvalue weighted by atomic mass is 10.1. The number of ether oxygens (including phenoxy) is 3. The number of anilines is 1. The van der Waals surface area contributed by atoms with E-state index in [4.69, 9.17) is 14.2 Å². The van der Waals surface area contributed by atoms with Crippen LogP contribution in [0.2, 0.25) is 0 Å².